The lowest BCUT2D eigenvalue weighted by molar-refractivity contribution is -0.107. The van der Waals surface area contributed by atoms with Crippen LogP contribution in [0.1, 0.15) is 77.0 Å². The van der Waals surface area contributed by atoms with Gasteiger partial charge in [0, 0.05) is 6.42 Å². The number of carbonyl (C=O) groups excluding carboxylic acids is 1. The molecule has 1 rings (SSSR count). The Morgan fingerprint density at radius 3 is 2.20 bits per heavy atom. The zero-order valence-electron chi connectivity index (χ0n) is 10.0. The van der Waals surface area contributed by atoms with E-state index < -0.39 is 0 Å². The molecule has 1 saturated carbocycles. The molecule has 0 aromatic heterocycles. The first-order chi connectivity index (χ1) is 7.43. The van der Waals surface area contributed by atoms with Crippen LogP contribution in [-0.4, -0.2) is 6.29 Å². The van der Waals surface area contributed by atoms with Crippen molar-refractivity contribution >= 4 is 6.29 Å². The highest BCUT2D eigenvalue weighted by Crippen LogP contribution is 2.26. The molecule has 0 saturated heterocycles. The lowest BCUT2D eigenvalue weighted by Crippen LogP contribution is -2.03. The Hall–Kier alpha value is -0.330. The van der Waals surface area contributed by atoms with Gasteiger partial charge in [0.05, 0.1) is 0 Å². The maximum absolute atomic E-state index is 10.2. The van der Waals surface area contributed by atoms with E-state index in [9.17, 15) is 4.79 Å². The second-order valence-electron chi connectivity index (χ2n) is 5.02. The van der Waals surface area contributed by atoms with Gasteiger partial charge in [-0.1, -0.05) is 64.2 Å². The molecule has 15 heavy (non-hydrogen) atoms. The van der Waals surface area contributed by atoms with Crippen LogP contribution in [0.25, 0.3) is 0 Å². The van der Waals surface area contributed by atoms with Crippen molar-refractivity contribution in [3.8, 4) is 0 Å². The number of hydrogen-bond acceptors (Lipinski definition) is 1. The molecule has 1 aliphatic rings. The van der Waals surface area contributed by atoms with E-state index in [2.05, 4.69) is 0 Å². The topological polar surface area (TPSA) is 17.1 Å². The molecule has 0 atom stereocenters. The minimum absolute atomic E-state index is 0.769. The van der Waals surface area contributed by atoms with E-state index >= 15 is 0 Å². The molecule has 1 aliphatic carbocycles. The van der Waals surface area contributed by atoms with Gasteiger partial charge in [0.25, 0.3) is 0 Å². The third kappa shape index (κ3) is 6.70. The Morgan fingerprint density at radius 1 is 0.867 bits per heavy atom. The first-order valence-electron chi connectivity index (χ1n) is 6.87. The van der Waals surface area contributed by atoms with Crippen molar-refractivity contribution in [2.24, 2.45) is 5.92 Å². The quantitative estimate of drug-likeness (QED) is 0.466. The first kappa shape index (κ1) is 12.7. The molecule has 0 spiro atoms. The number of hydrogen-bond donors (Lipinski definition) is 0. The molecule has 0 bridgehead atoms. The van der Waals surface area contributed by atoms with Gasteiger partial charge < -0.3 is 4.79 Å². The molecule has 1 heteroatoms. The van der Waals surface area contributed by atoms with Gasteiger partial charge in [0.15, 0.2) is 0 Å². The van der Waals surface area contributed by atoms with E-state index in [0.29, 0.717) is 0 Å². The summed E-state index contributed by atoms with van der Waals surface area (Å²) in [6, 6.07) is 0. The molecule has 0 amide bonds. The second-order valence-corrected chi connectivity index (χ2v) is 5.02. The van der Waals surface area contributed by atoms with E-state index in [4.69, 9.17) is 0 Å². The van der Waals surface area contributed by atoms with Crippen LogP contribution in [0.2, 0.25) is 0 Å². The molecule has 0 aromatic rings. The van der Waals surface area contributed by atoms with Crippen LogP contribution in [0.15, 0.2) is 0 Å². The molecule has 0 aromatic carbocycles. The van der Waals surface area contributed by atoms with E-state index in [1.54, 1.807) is 0 Å². The first-order valence-corrected chi connectivity index (χ1v) is 6.87. The van der Waals surface area contributed by atoms with E-state index in [1.807, 2.05) is 0 Å². The van der Waals surface area contributed by atoms with Crippen LogP contribution >= 0.6 is 0 Å². The van der Waals surface area contributed by atoms with E-state index in [1.165, 1.54) is 64.2 Å². The summed E-state index contributed by atoms with van der Waals surface area (Å²) >= 11 is 0. The standard InChI is InChI=1S/C14H26O/c15-13-9-5-4-8-12-14-10-6-2-1-3-7-11-14/h13-14H,1-12H2. The van der Waals surface area contributed by atoms with Crippen LogP contribution in [0.5, 0.6) is 0 Å². The van der Waals surface area contributed by atoms with Gasteiger partial charge in [0.1, 0.15) is 6.29 Å². The predicted octanol–water partition coefficient (Wildman–Crippen LogP) is 4.50. The molecule has 0 unspecified atom stereocenters. The highest BCUT2D eigenvalue weighted by Gasteiger charge is 2.10. The molecule has 0 radical (unpaired) electrons. The summed E-state index contributed by atoms with van der Waals surface area (Å²) in [7, 11) is 0. The smallest absolute Gasteiger partial charge is 0.119 e. The fourth-order valence-electron chi connectivity index (χ4n) is 2.67. The van der Waals surface area contributed by atoms with Crippen molar-refractivity contribution < 1.29 is 4.79 Å². The monoisotopic (exact) mass is 210 g/mol. The second kappa shape index (κ2) is 8.94. The minimum atomic E-state index is 0.769. The number of aldehydes is 1. The van der Waals surface area contributed by atoms with Crippen LogP contribution in [0.4, 0.5) is 0 Å². The van der Waals surface area contributed by atoms with Gasteiger partial charge in [-0.25, -0.2) is 0 Å². The average Bonchev–Trinajstić information content (AvgIpc) is 2.20. The van der Waals surface area contributed by atoms with Crippen LogP contribution in [-0.2, 0) is 4.79 Å². The molecule has 88 valence electrons. The predicted molar refractivity (Wildman–Crippen MR) is 65.0 cm³/mol. The Bertz CT molecular complexity index is 145. The van der Waals surface area contributed by atoms with E-state index in [0.717, 1.165) is 25.0 Å². The van der Waals surface area contributed by atoms with Crippen molar-refractivity contribution in [2.75, 3.05) is 0 Å². The van der Waals surface area contributed by atoms with Gasteiger partial charge in [-0.15, -0.1) is 0 Å². The number of carbonyl (C=O) groups is 1. The summed E-state index contributed by atoms with van der Waals surface area (Å²) < 4.78 is 0. The van der Waals surface area contributed by atoms with Gasteiger partial charge in [-0.2, -0.15) is 0 Å². The van der Waals surface area contributed by atoms with Gasteiger partial charge in [0.2, 0.25) is 0 Å². The fourth-order valence-corrected chi connectivity index (χ4v) is 2.67. The summed E-state index contributed by atoms with van der Waals surface area (Å²) in [5.41, 5.74) is 0. The fraction of sp³-hybridized carbons (Fsp3) is 0.929. The largest absolute Gasteiger partial charge is 0.303 e. The Kier molecular flexibility index (Phi) is 7.59. The molecule has 1 nitrogen and oxygen atoms in total. The Labute approximate surface area is 94.6 Å². The van der Waals surface area contributed by atoms with Crippen molar-refractivity contribution in [1.29, 1.82) is 0 Å². The van der Waals surface area contributed by atoms with Crippen LogP contribution in [0, 0.1) is 5.92 Å². The Balaban J connectivity index is 1.99. The van der Waals surface area contributed by atoms with Gasteiger partial charge in [-0.05, 0) is 12.3 Å². The van der Waals surface area contributed by atoms with Crippen molar-refractivity contribution in [3.05, 3.63) is 0 Å². The lowest BCUT2D eigenvalue weighted by atomic mass is 9.87. The zero-order chi connectivity index (χ0) is 10.8. The maximum Gasteiger partial charge on any atom is 0.119 e. The van der Waals surface area contributed by atoms with Gasteiger partial charge in [-0.3, -0.25) is 0 Å². The summed E-state index contributed by atoms with van der Waals surface area (Å²) in [5.74, 6) is 1.00. The lowest BCUT2D eigenvalue weighted by Gasteiger charge is -2.19. The molecule has 0 heterocycles. The van der Waals surface area contributed by atoms with Crippen molar-refractivity contribution in [3.63, 3.8) is 0 Å². The highest BCUT2D eigenvalue weighted by atomic mass is 16.1. The third-order valence-electron chi connectivity index (χ3n) is 3.66. The normalized spacial score (nSPS) is 19.5. The summed E-state index contributed by atoms with van der Waals surface area (Å²) in [4.78, 5) is 10.2. The minimum Gasteiger partial charge on any atom is -0.303 e. The average molecular weight is 210 g/mol. The zero-order valence-corrected chi connectivity index (χ0v) is 10.0. The molecule has 0 aliphatic heterocycles. The van der Waals surface area contributed by atoms with E-state index in [-0.39, 0.29) is 0 Å². The third-order valence-corrected chi connectivity index (χ3v) is 3.66. The van der Waals surface area contributed by atoms with Gasteiger partial charge >= 0.3 is 0 Å². The van der Waals surface area contributed by atoms with Crippen LogP contribution < -0.4 is 0 Å². The molecular weight excluding hydrogens is 184 g/mol. The SMILES string of the molecule is O=CCCCCCC1CCCCCCC1. The maximum atomic E-state index is 10.2. The highest BCUT2D eigenvalue weighted by molar-refractivity contribution is 5.48. The number of rotatable bonds is 6. The molecule has 0 N–H and O–H groups in total. The number of unbranched alkanes of at least 4 members (excludes halogenated alkanes) is 3. The molecular formula is C14H26O. The summed E-state index contributed by atoms with van der Waals surface area (Å²) in [6.45, 7) is 0. The molecule has 1 fully saturated rings. The van der Waals surface area contributed by atoms with Crippen LogP contribution in [0.3, 0.4) is 0 Å². The summed E-state index contributed by atoms with van der Waals surface area (Å²) in [5, 5.41) is 0. The van der Waals surface area contributed by atoms with Crippen molar-refractivity contribution in [1.82, 2.24) is 0 Å². The Morgan fingerprint density at radius 2 is 1.53 bits per heavy atom. The van der Waals surface area contributed by atoms with Crippen molar-refractivity contribution in [2.45, 2.75) is 77.0 Å². The summed E-state index contributed by atoms with van der Waals surface area (Å²) in [6.07, 6.45) is 17.2.